The summed E-state index contributed by atoms with van der Waals surface area (Å²) in [5.41, 5.74) is 0. The van der Waals surface area contributed by atoms with Crippen LogP contribution in [0.1, 0.15) is 34.1 Å². The highest BCUT2D eigenvalue weighted by Gasteiger charge is 2.48. The summed E-state index contributed by atoms with van der Waals surface area (Å²) in [6.07, 6.45) is 0.800. The van der Waals surface area contributed by atoms with Crippen molar-refractivity contribution in [2.45, 2.75) is 34.1 Å². The number of hydrogen-bond acceptors (Lipinski definition) is 2. The molecule has 1 aliphatic rings. The fourth-order valence-corrected chi connectivity index (χ4v) is 1.68. The Morgan fingerprint density at radius 1 is 0.923 bits per heavy atom. The van der Waals surface area contributed by atoms with Crippen molar-refractivity contribution in [3.05, 3.63) is 0 Å². The molecule has 0 radical (unpaired) electrons. The van der Waals surface area contributed by atoms with Crippen LogP contribution in [0.3, 0.4) is 0 Å². The molecular weight excluding hydrogens is 164 g/mol. The quantitative estimate of drug-likeness (QED) is 0.667. The first-order valence-electron chi connectivity index (χ1n) is 5.02. The Bertz CT molecular complexity index is 204. The largest absolute Gasteiger partial charge is 0.299 e. The first-order chi connectivity index (χ1) is 5.95. The van der Waals surface area contributed by atoms with E-state index in [2.05, 4.69) is 0 Å². The van der Waals surface area contributed by atoms with Crippen molar-refractivity contribution in [3.8, 4) is 0 Å². The standard InChI is InChI=1S/C11H18O2/c1-6(2)10(12)8-5-9(8)11(13)7(3)4/h6-9H,5H2,1-4H3/t8-,9-/m0/s1. The van der Waals surface area contributed by atoms with Gasteiger partial charge in [0.1, 0.15) is 11.6 Å². The molecule has 1 aliphatic carbocycles. The highest BCUT2D eigenvalue weighted by Crippen LogP contribution is 2.42. The van der Waals surface area contributed by atoms with Crippen LogP contribution >= 0.6 is 0 Å². The average molecular weight is 182 g/mol. The van der Waals surface area contributed by atoms with Crippen molar-refractivity contribution in [2.75, 3.05) is 0 Å². The van der Waals surface area contributed by atoms with Gasteiger partial charge >= 0.3 is 0 Å². The second kappa shape index (κ2) is 3.60. The lowest BCUT2D eigenvalue weighted by atomic mass is 9.99. The fourth-order valence-electron chi connectivity index (χ4n) is 1.68. The van der Waals surface area contributed by atoms with Crippen molar-refractivity contribution < 1.29 is 9.59 Å². The topological polar surface area (TPSA) is 34.1 Å². The van der Waals surface area contributed by atoms with Gasteiger partial charge in [0, 0.05) is 23.7 Å². The summed E-state index contributed by atoms with van der Waals surface area (Å²) in [5, 5.41) is 0. The Morgan fingerprint density at radius 3 is 1.46 bits per heavy atom. The molecule has 0 amide bonds. The van der Waals surface area contributed by atoms with Gasteiger partial charge in [-0.1, -0.05) is 27.7 Å². The molecule has 2 nitrogen and oxygen atoms in total. The maximum absolute atomic E-state index is 11.5. The van der Waals surface area contributed by atoms with Crippen LogP contribution in [0.15, 0.2) is 0 Å². The van der Waals surface area contributed by atoms with E-state index in [-0.39, 0.29) is 35.2 Å². The molecule has 0 aliphatic heterocycles. The minimum atomic E-state index is 0.0508. The molecule has 1 rings (SSSR count). The average Bonchev–Trinajstić information content (AvgIpc) is 2.80. The minimum Gasteiger partial charge on any atom is -0.299 e. The summed E-state index contributed by atoms with van der Waals surface area (Å²) >= 11 is 0. The Morgan fingerprint density at radius 2 is 1.23 bits per heavy atom. The number of carbonyl (C=O) groups excluding carboxylic acids is 2. The van der Waals surface area contributed by atoms with E-state index in [1.165, 1.54) is 0 Å². The van der Waals surface area contributed by atoms with Crippen LogP contribution in [-0.2, 0) is 9.59 Å². The van der Waals surface area contributed by atoms with Gasteiger partial charge in [0.2, 0.25) is 0 Å². The Kier molecular flexibility index (Phi) is 2.89. The van der Waals surface area contributed by atoms with Gasteiger partial charge in [-0.2, -0.15) is 0 Å². The molecular formula is C11H18O2. The summed E-state index contributed by atoms with van der Waals surface area (Å²) in [6, 6.07) is 0. The molecule has 0 saturated heterocycles. The van der Waals surface area contributed by atoms with E-state index in [1.807, 2.05) is 27.7 Å². The Hall–Kier alpha value is -0.660. The molecule has 0 N–H and O–H groups in total. The van der Waals surface area contributed by atoms with Gasteiger partial charge in [-0.15, -0.1) is 0 Å². The predicted molar refractivity (Wildman–Crippen MR) is 51.3 cm³/mol. The number of ketones is 2. The van der Waals surface area contributed by atoms with Crippen LogP contribution in [-0.4, -0.2) is 11.6 Å². The summed E-state index contributed by atoms with van der Waals surface area (Å²) in [6.45, 7) is 7.60. The predicted octanol–water partition coefficient (Wildman–Crippen LogP) is 2.07. The van der Waals surface area contributed by atoms with Gasteiger partial charge < -0.3 is 0 Å². The van der Waals surface area contributed by atoms with Gasteiger partial charge in [0.15, 0.2) is 0 Å². The molecule has 0 aromatic carbocycles. The number of Topliss-reactive ketones (excluding diaryl/α,β-unsaturated/α-hetero) is 2. The SMILES string of the molecule is CC(C)C(=O)[C@H]1C[C@@H]1C(=O)C(C)C. The lowest BCUT2D eigenvalue weighted by Gasteiger charge is -2.04. The second-order valence-corrected chi connectivity index (χ2v) is 4.56. The zero-order valence-corrected chi connectivity index (χ0v) is 8.83. The van der Waals surface area contributed by atoms with E-state index >= 15 is 0 Å². The van der Waals surface area contributed by atoms with Crippen molar-refractivity contribution in [1.82, 2.24) is 0 Å². The fraction of sp³-hybridized carbons (Fsp3) is 0.818. The molecule has 1 fully saturated rings. The lowest BCUT2D eigenvalue weighted by molar-refractivity contribution is -0.128. The summed E-state index contributed by atoms with van der Waals surface area (Å²) < 4.78 is 0. The first kappa shape index (κ1) is 10.4. The molecule has 0 aromatic heterocycles. The molecule has 0 spiro atoms. The van der Waals surface area contributed by atoms with E-state index in [9.17, 15) is 9.59 Å². The zero-order chi connectivity index (χ0) is 10.2. The van der Waals surface area contributed by atoms with Crippen molar-refractivity contribution in [1.29, 1.82) is 0 Å². The molecule has 0 heterocycles. The number of rotatable bonds is 4. The molecule has 0 unspecified atom stereocenters. The number of carbonyl (C=O) groups is 2. The van der Waals surface area contributed by atoms with Crippen LogP contribution in [0.25, 0.3) is 0 Å². The lowest BCUT2D eigenvalue weighted by Crippen LogP contribution is -2.16. The Balaban J connectivity index is 2.47. The van der Waals surface area contributed by atoms with Gasteiger partial charge in [-0.25, -0.2) is 0 Å². The second-order valence-electron chi connectivity index (χ2n) is 4.56. The monoisotopic (exact) mass is 182 g/mol. The van der Waals surface area contributed by atoms with Crippen LogP contribution in [0.5, 0.6) is 0 Å². The molecule has 74 valence electrons. The third kappa shape index (κ3) is 2.17. The molecule has 1 saturated carbocycles. The minimum absolute atomic E-state index is 0.0508. The van der Waals surface area contributed by atoms with E-state index < -0.39 is 0 Å². The third-order valence-corrected chi connectivity index (χ3v) is 2.66. The number of hydrogen-bond donors (Lipinski definition) is 0. The maximum Gasteiger partial charge on any atom is 0.139 e. The van der Waals surface area contributed by atoms with E-state index in [1.54, 1.807) is 0 Å². The van der Waals surface area contributed by atoms with Gasteiger partial charge in [-0.05, 0) is 6.42 Å². The molecule has 2 atom stereocenters. The van der Waals surface area contributed by atoms with Crippen LogP contribution in [0, 0.1) is 23.7 Å². The van der Waals surface area contributed by atoms with Crippen molar-refractivity contribution >= 4 is 11.6 Å². The molecule has 0 bridgehead atoms. The first-order valence-corrected chi connectivity index (χ1v) is 5.02. The van der Waals surface area contributed by atoms with E-state index in [0.29, 0.717) is 0 Å². The highest BCUT2D eigenvalue weighted by molar-refractivity contribution is 5.95. The zero-order valence-electron chi connectivity index (χ0n) is 8.83. The van der Waals surface area contributed by atoms with Crippen LogP contribution in [0.4, 0.5) is 0 Å². The van der Waals surface area contributed by atoms with E-state index in [4.69, 9.17) is 0 Å². The normalized spacial score (nSPS) is 26.6. The van der Waals surface area contributed by atoms with Gasteiger partial charge in [-0.3, -0.25) is 9.59 Å². The van der Waals surface area contributed by atoms with Gasteiger partial charge in [0.25, 0.3) is 0 Å². The Labute approximate surface area is 79.7 Å². The summed E-state index contributed by atoms with van der Waals surface area (Å²) in [4.78, 5) is 23.0. The van der Waals surface area contributed by atoms with Crippen molar-refractivity contribution in [3.63, 3.8) is 0 Å². The highest BCUT2D eigenvalue weighted by atomic mass is 16.1. The van der Waals surface area contributed by atoms with Crippen LogP contribution < -0.4 is 0 Å². The maximum atomic E-state index is 11.5. The smallest absolute Gasteiger partial charge is 0.139 e. The molecule has 0 aromatic rings. The van der Waals surface area contributed by atoms with E-state index in [0.717, 1.165) is 6.42 Å². The third-order valence-electron chi connectivity index (χ3n) is 2.66. The summed E-state index contributed by atoms with van der Waals surface area (Å²) in [7, 11) is 0. The van der Waals surface area contributed by atoms with Crippen LogP contribution in [0.2, 0.25) is 0 Å². The summed E-state index contributed by atoms with van der Waals surface area (Å²) in [5.74, 6) is 0.785. The molecule has 2 heteroatoms. The van der Waals surface area contributed by atoms with Gasteiger partial charge in [0.05, 0.1) is 0 Å². The van der Waals surface area contributed by atoms with Crippen molar-refractivity contribution in [2.24, 2.45) is 23.7 Å². The molecule has 13 heavy (non-hydrogen) atoms.